The number of ether oxygens (including phenoxy) is 1. The molecule has 2 bridgehead atoms. The minimum absolute atomic E-state index is 0.000753. The number of benzene rings is 2. The van der Waals surface area contributed by atoms with E-state index in [-0.39, 0.29) is 6.61 Å². The highest BCUT2D eigenvalue weighted by Crippen LogP contribution is 2.48. The van der Waals surface area contributed by atoms with E-state index in [1.807, 2.05) is 24.3 Å². The van der Waals surface area contributed by atoms with Crippen molar-refractivity contribution in [3.8, 4) is 11.5 Å². The third kappa shape index (κ3) is 2.12. The van der Waals surface area contributed by atoms with E-state index in [1.54, 1.807) is 0 Å². The summed E-state index contributed by atoms with van der Waals surface area (Å²) in [5.74, 6) is 1.73. The third-order valence-electron chi connectivity index (χ3n) is 5.58. The van der Waals surface area contributed by atoms with Crippen LogP contribution in [0.5, 0.6) is 11.5 Å². The molecule has 0 radical (unpaired) electrons. The highest BCUT2D eigenvalue weighted by atomic mass is 16.5. The van der Waals surface area contributed by atoms with Crippen molar-refractivity contribution in [2.24, 2.45) is 0 Å². The fourth-order valence-electron chi connectivity index (χ4n) is 4.53. The van der Waals surface area contributed by atoms with Crippen LogP contribution in [0.1, 0.15) is 42.4 Å². The summed E-state index contributed by atoms with van der Waals surface area (Å²) >= 11 is 0. The molecule has 0 spiro atoms. The maximum absolute atomic E-state index is 9.73. The maximum Gasteiger partial charge on any atom is 0.140 e. The van der Waals surface area contributed by atoms with Crippen LogP contribution in [0.4, 0.5) is 0 Å². The van der Waals surface area contributed by atoms with Gasteiger partial charge in [-0.2, -0.15) is 0 Å². The second kappa shape index (κ2) is 5.47. The number of nitrogens with one attached hydrogen (secondary N) is 1. The zero-order valence-electron chi connectivity index (χ0n) is 13.6. The first-order valence-electron chi connectivity index (χ1n) is 8.82. The van der Waals surface area contributed by atoms with Gasteiger partial charge in [-0.05, 0) is 37.3 Å². The Hall–Kier alpha value is -2.10. The van der Waals surface area contributed by atoms with E-state index >= 15 is 0 Å². The lowest BCUT2D eigenvalue weighted by Gasteiger charge is -2.31. The van der Waals surface area contributed by atoms with Gasteiger partial charge in [-0.3, -0.25) is 0 Å². The van der Waals surface area contributed by atoms with Gasteiger partial charge in [-0.25, -0.2) is 0 Å². The summed E-state index contributed by atoms with van der Waals surface area (Å²) in [6.07, 6.45) is 4.79. The number of fused-ring (bicyclic) bond motifs is 4. The third-order valence-corrected chi connectivity index (χ3v) is 5.58. The second-order valence-corrected chi connectivity index (χ2v) is 7.07. The van der Waals surface area contributed by atoms with Gasteiger partial charge in [-0.15, -0.1) is 0 Å². The van der Waals surface area contributed by atoms with Crippen LogP contribution in [0, 0.1) is 0 Å². The van der Waals surface area contributed by atoms with Crippen LogP contribution >= 0.6 is 0 Å². The summed E-state index contributed by atoms with van der Waals surface area (Å²) in [6.45, 7) is 0.000753. The Morgan fingerprint density at radius 1 is 0.958 bits per heavy atom. The molecular weight excluding hydrogens is 298 g/mol. The molecule has 3 aliphatic heterocycles. The summed E-state index contributed by atoms with van der Waals surface area (Å²) in [7, 11) is 0. The van der Waals surface area contributed by atoms with Crippen molar-refractivity contribution < 1.29 is 9.84 Å². The van der Waals surface area contributed by atoms with E-state index in [4.69, 9.17) is 4.74 Å². The molecule has 2 saturated heterocycles. The molecule has 2 fully saturated rings. The van der Waals surface area contributed by atoms with E-state index in [0.29, 0.717) is 12.1 Å². The van der Waals surface area contributed by atoms with Crippen molar-refractivity contribution in [3.05, 3.63) is 64.7 Å². The first-order chi connectivity index (χ1) is 11.8. The fraction of sp³-hybridized carbons (Fsp3) is 0.333. The molecular formula is C21H21NO2. The lowest BCUT2D eigenvalue weighted by Crippen LogP contribution is -2.35. The molecule has 2 aromatic carbocycles. The predicted octanol–water partition coefficient (Wildman–Crippen LogP) is 4.00. The van der Waals surface area contributed by atoms with Gasteiger partial charge in [0.25, 0.3) is 0 Å². The lowest BCUT2D eigenvalue weighted by molar-refractivity contribution is 0.276. The van der Waals surface area contributed by atoms with Crippen LogP contribution in [-0.2, 0) is 6.61 Å². The van der Waals surface area contributed by atoms with Gasteiger partial charge in [0.05, 0.1) is 6.61 Å². The average Bonchev–Trinajstić information content (AvgIpc) is 2.97. The second-order valence-electron chi connectivity index (χ2n) is 7.07. The number of aliphatic hydroxyl groups is 1. The van der Waals surface area contributed by atoms with Crippen LogP contribution in [0.15, 0.2) is 48.0 Å². The number of hydrogen-bond acceptors (Lipinski definition) is 3. The van der Waals surface area contributed by atoms with E-state index in [0.717, 1.165) is 35.5 Å². The van der Waals surface area contributed by atoms with Crippen LogP contribution in [0.2, 0.25) is 0 Å². The van der Waals surface area contributed by atoms with E-state index < -0.39 is 0 Å². The van der Waals surface area contributed by atoms with Crippen LogP contribution in [0.25, 0.3) is 5.57 Å². The largest absolute Gasteiger partial charge is 0.456 e. The zero-order valence-corrected chi connectivity index (χ0v) is 13.6. The van der Waals surface area contributed by atoms with Gasteiger partial charge in [-0.1, -0.05) is 42.0 Å². The molecule has 5 rings (SSSR count). The summed E-state index contributed by atoms with van der Waals surface area (Å²) in [4.78, 5) is 0. The average molecular weight is 319 g/mol. The van der Waals surface area contributed by atoms with Crippen LogP contribution in [0.3, 0.4) is 0 Å². The van der Waals surface area contributed by atoms with Gasteiger partial charge in [0, 0.05) is 28.8 Å². The minimum atomic E-state index is 0.000753. The van der Waals surface area contributed by atoms with Crippen molar-refractivity contribution in [2.75, 3.05) is 0 Å². The van der Waals surface area contributed by atoms with E-state index in [2.05, 4.69) is 23.5 Å². The molecule has 3 aliphatic rings. The molecule has 3 nitrogen and oxygen atoms in total. The Morgan fingerprint density at radius 2 is 1.71 bits per heavy atom. The summed E-state index contributed by atoms with van der Waals surface area (Å²) in [6, 6.07) is 15.6. The van der Waals surface area contributed by atoms with Crippen molar-refractivity contribution in [1.29, 1.82) is 0 Å². The topological polar surface area (TPSA) is 41.5 Å². The minimum Gasteiger partial charge on any atom is -0.456 e. The number of aliphatic hydroxyl groups excluding tert-OH is 1. The van der Waals surface area contributed by atoms with E-state index in [9.17, 15) is 5.11 Å². The Kier molecular flexibility index (Phi) is 3.25. The number of hydrogen-bond donors (Lipinski definition) is 2. The van der Waals surface area contributed by atoms with Gasteiger partial charge in [0.2, 0.25) is 0 Å². The number of rotatable bonds is 1. The molecule has 3 heterocycles. The molecule has 0 amide bonds. The van der Waals surface area contributed by atoms with Crippen molar-refractivity contribution >= 4 is 5.57 Å². The Balaban J connectivity index is 1.75. The molecule has 122 valence electrons. The molecule has 0 aliphatic carbocycles. The van der Waals surface area contributed by atoms with Gasteiger partial charge >= 0.3 is 0 Å². The molecule has 3 heteroatoms. The number of piperidine rings is 1. The zero-order chi connectivity index (χ0) is 16.1. The van der Waals surface area contributed by atoms with Gasteiger partial charge in [0.1, 0.15) is 11.5 Å². The molecule has 0 saturated carbocycles. The first-order valence-corrected chi connectivity index (χ1v) is 8.82. The lowest BCUT2D eigenvalue weighted by atomic mass is 9.84. The summed E-state index contributed by atoms with van der Waals surface area (Å²) in [5, 5.41) is 13.5. The normalized spacial score (nSPS) is 24.4. The monoisotopic (exact) mass is 319 g/mol. The van der Waals surface area contributed by atoms with Crippen LogP contribution in [-0.4, -0.2) is 17.2 Å². The SMILES string of the molecule is OCc1cccc2c1Oc1ccccc1C2=C1CC2CCC(C1)N2. The van der Waals surface area contributed by atoms with E-state index in [1.165, 1.54) is 29.6 Å². The van der Waals surface area contributed by atoms with Gasteiger partial charge in [0.15, 0.2) is 0 Å². The standard InChI is InChI=1S/C21H21NO2/c23-12-13-4-3-6-18-20(14-10-15-8-9-16(11-14)22-15)17-5-1-2-7-19(17)24-21(13)18/h1-7,15-16,22-23H,8-12H2. The highest BCUT2D eigenvalue weighted by Gasteiger charge is 2.34. The Morgan fingerprint density at radius 3 is 2.50 bits per heavy atom. The van der Waals surface area contributed by atoms with Crippen molar-refractivity contribution in [3.63, 3.8) is 0 Å². The highest BCUT2D eigenvalue weighted by molar-refractivity contribution is 5.90. The Labute approximate surface area is 142 Å². The first kappa shape index (κ1) is 14.3. The molecule has 2 unspecified atom stereocenters. The Bertz CT molecular complexity index is 825. The smallest absolute Gasteiger partial charge is 0.140 e. The number of para-hydroxylation sites is 2. The quantitative estimate of drug-likeness (QED) is 0.712. The van der Waals surface area contributed by atoms with Crippen molar-refractivity contribution in [1.82, 2.24) is 5.32 Å². The fourth-order valence-corrected chi connectivity index (χ4v) is 4.53. The molecule has 2 N–H and O–H groups in total. The maximum atomic E-state index is 9.73. The molecule has 2 atom stereocenters. The molecule has 24 heavy (non-hydrogen) atoms. The summed E-state index contributed by atoms with van der Waals surface area (Å²) < 4.78 is 6.18. The molecule has 0 aromatic heterocycles. The van der Waals surface area contributed by atoms with Gasteiger partial charge < -0.3 is 15.2 Å². The predicted molar refractivity (Wildman–Crippen MR) is 94.1 cm³/mol. The van der Waals surface area contributed by atoms with Crippen molar-refractivity contribution in [2.45, 2.75) is 44.4 Å². The molecule has 2 aromatic rings. The summed E-state index contributed by atoms with van der Waals surface area (Å²) in [5.41, 5.74) is 6.05. The van der Waals surface area contributed by atoms with Crippen LogP contribution < -0.4 is 10.1 Å².